The van der Waals surface area contributed by atoms with Crippen molar-refractivity contribution in [3.8, 4) is 5.75 Å². The van der Waals surface area contributed by atoms with E-state index in [2.05, 4.69) is 10.2 Å². The van der Waals surface area contributed by atoms with Gasteiger partial charge < -0.3 is 15.2 Å². The van der Waals surface area contributed by atoms with E-state index in [0.29, 0.717) is 19.6 Å². The minimum Gasteiger partial charge on any atom is -0.508 e. The van der Waals surface area contributed by atoms with E-state index < -0.39 is 5.82 Å². The third-order valence-electron chi connectivity index (χ3n) is 4.93. The summed E-state index contributed by atoms with van der Waals surface area (Å²) in [5.41, 5.74) is -0.00993. The monoisotopic (exact) mass is 322 g/mol. The van der Waals surface area contributed by atoms with E-state index in [1.54, 1.807) is 0 Å². The van der Waals surface area contributed by atoms with Gasteiger partial charge in [-0.1, -0.05) is 12.8 Å². The molecule has 1 aromatic carbocycles. The highest BCUT2D eigenvalue weighted by molar-refractivity contribution is 5.91. The van der Waals surface area contributed by atoms with Gasteiger partial charge in [-0.15, -0.1) is 0 Å². The topological polar surface area (TPSA) is 61.8 Å². The number of carbonyl (C=O) groups is 1. The molecule has 1 saturated heterocycles. The van der Waals surface area contributed by atoms with Crippen LogP contribution in [0.15, 0.2) is 18.2 Å². The van der Waals surface area contributed by atoms with Crippen LogP contribution in [0, 0.1) is 5.82 Å². The van der Waals surface area contributed by atoms with Crippen molar-refractivity contribution >= 4 is 11.6 Å². The highest BCUT2D eigenvalue weighted by Crippen LogP contribution is 2.39. The molecule has 1 heterocycles. The number of carbonyl (C=O) groups excluding carboxylic acids is 1. The number of nitrogens with zero attached hydrogens (tertiary/aromatic N) is 1. The second kappa shape index (κ2) is 6.84. The van der Waals surface area contributed by atoms with E-state index in [1.165, 1.54) is 12.1 Å². The van der Waals surface area contributed by atoms with E-state index >= 15 is 0 Å². The Morgan fingerprint density at radius 2 is 2.00 bits per heavy atom. The number of ether oxygens (including phenoxy) is 1. The van der Waals surface area contributed by atoms with Crippen LogP contribution in [0.1, 0.15) is 32.1 Å². The molecule has 1 amide bonds. The Kier molecular flexibility index (Phi) is 4.82. The molecule has 23 heavy (non-hydrogen) atoms. The smallest absolute Gasteiger partial charge is 0.226 e. The first kappa shape index (κ1) is 16.2. The van der Waals surface area contributed by atoms with Crippen LogP contribution in [0.4, 0.5) is 10.1 Å². The maximum atomic E-state index is 13.8. The number of aromatic hydroxyl groups is 1. The van der Waals surface area contributed by atoms with Crippen molar-refractivity contribution in [1.29, 1.82) is 0 Å². The lowest BCUT2D eigenvalue weighted by atomic mass is 9.90. The second-order valence-corrected chi connectivity index (χ2v) is 6.42. The number of rotatable bonds is 4. The lowest BCUT2D eigenvalue weighted by molar-refractivity contribution is -0.120. The van der Waals surface area contributed by atoms with Crippen molar-refractivity contribution in [3.63, 3.8) is 0 Å². The summed E-state index contributed by atoms with van der Waals surface area (Å²) in [5, 5.41) is 11.9. The van der Waals surface area contributed by atoms with Crippen LogP contribution >= 0.6 is 0 Å². The molecule has 2 aliphatic rings. The van der Waals surface area contributed by atoms with E-state index in [0.717, 1.165) is 44.8 Å². The van der Waals surface area contributed by atoms with Gasteiger partial charge in [-0.25, -0.2) is 4.39 Å². The number of benzene rings is 1. The number of anilines is 1. The molecule has 1 aromatic rings. The molecule has 126 valence electrons. The van der Waals surface area contributed by atoms with Gasteiger partial charge in [0.25, 0.3) is 0 Å². The largest absolute Gasteiger partial charge is 0.508 e. The van der Waals surface area contributed by atoms with Crippen LogP contribution < -0.4 is 5.32 Å². The van der Waals surface area contributed by atoms with Gasteiger partial charge in [0, 0.05) is 31.1 Å². The molecule has 2 fully saturated rings. The van der Waals surface area contributed by atoms with Crippen LogP contribution in [0.3, 0.4) is 0 Å². The number of amides is 1. The first-order valence-electron chi connectivity index (χ1n) is 8.20. The fourth-order valence-corrected chi connectivity index (χ4v) is 3.77. The molecule has 0 unspecified atom stereocenters. The van der Waals surface area contributed by atoms with Crippen LogP contribution in [0.2, 0.25) is 0 Å². The molecule has 0 spiro atoms. The average Bonchev–Trinajstić information content (AvgIpc) is 3.01. The maximum absolute atomic E-state index is 13.8. The summed E-state index contributed by atoms with van der Waals surface area (Å²) in [4.78, 5) is 14.8. The first-order chi connectivity index (χ1) is 11.1. The van der Waals surface area contributed by atoms with Gasteiger partial charge in [-0.3, -0.25) is 9.69 Å². The third-order valence-corrected chi connectivity index (χ3v) is 4.93. The van der Waals surface area contributed by atoms with E-state index in [-0.39, 0.29) is 22.9 Å². The molecule has 0 radical (unpaired) electrons. The molecule has 1 aliphatic carbocycles. The number of phenolic OH excluding ortho intramolecular Hbond substituents is 1. The van der Waals surface area contributed by atoms with Crippen molar-refractivity contribution in [3.05, 3.63) is 24.0 Å². The van der Waals surface area contributed by atoms with Crippen LogP contribution in [0.5, 0.6) is 5.75 Å². The van der Waals surface area contributed by atoms with Crippen LogP contribution in [-0.2, 0) is 9.53 Å². The number of nitrogens with one attached hydrogen (secondary N) is 1. The van der Waals surface area contributed by atoms with E-state index in [4.69, 9.17) is 4.74 Å². The molecule has 0 atom stereocenters. The van der Waals surface area contributed by atoms with Crippen molar-refractivity contribution < 1.29 is 19.0 Å². The highest BCUT2D eigenvalue weighted by atomic mass is 19.1. The number of halogens is 1. The lowest BCUT2D eigenvalue weighted by Crippen LogP contribution is -2.53. The number of hydrogen-bond donors (Lipinski definition) is 2. The van der Waals surface area contributed by atoms with Crippen molar-refractivity contribution in [2.24, 2.45) is 0 Å². The Hall–Kier alpha value is -1.66. The third kappa shape index (κ3) is 3.64. The summed E-state index contributed by atoms with van der Waals surface area (Å²) < 4.78 is 19.2. The van der Waals surface area contributed by atoms with Gasteiger partial charge in [0.2, 0.25) is 5.91 Å². The van der Waals surface area contributed by atoms with E-state index in [1.807, 2.05) is 0 Å². The van der Waals surface area contributed by atoms with Gasteiger partial charge in [0.15, 0.2) is 0 Å². The van der Waals surface area contributed by atoms with Gasteiger partial charge >= 0.3 is 0 Å². The van der Waals surface area contributed by atoms with Crippen molar-refractivity contribution in [2.45, 2.75) is 37.6 Å². The van der Waals surface area contributed by atoms with Crippen LogP contribution in [-0.4, -0.2) is 47.8 Å². The minimum absolute atomic E-state index is 0.114. The normalized spacial score (nSPS) is 21.3. The fourth-order valence-electron chi connectivity index (χ4n) is 3.77. The molecular weight excluding hydrogens is 299 g/mol. The quantitative estimate of drug-likeness (QED) is 0.836. The zero-order valence-corrected chi connectivity index (χ0v) is 13.2. The summed E-state index contributed by atoms with van der Waals surface area (Å²) in [7, 11) is 0. The van der Waals surface area contributed by atoms with Gasteiger partial charge in [-0.2, -0.15) is 0 Å². The molecule has 3 rings (SSSR count). The predicted molar refractivity (Wildman–Crippen MR) is 84.9 cm³/mol. The summed E-state index contributed by atoms with van der Waals surface area (Å²) in [5.74, 6) is -0.950. The number of phenols is 1. The molecule has 0 aromatic heterocycles. The average molecular weight is 322 g/mol. The number of morpholine rings is 1. The zero-order chi connectivity index (χ0) is 16.3. The Morgan fingerprint density at radius 1 is 1.30 bits per heavy atom. The summed E-state index contributed by atoms with van der Waals surface area (Å²) >= 11 is 0. The Bertz CT molecular complexity index is 567. The van der Waals surface area contributed by atoms with Gasteiger partial charge in [0.05, 0.1) is 18.9 Å². The zero-order valence-electron chi connectivity index (χ0n) is 13.2. The lowest BCUT2D eigenvalue weighted by Gasteiger charge is -2.43. The summed E-state index contributed by atoms with van der Waals surface area (Å²) in [6, 6.07) is 3.76. The highest BCUT2D eigenvalue weighted by Gasteiger charge is 2.41. The molecule has 6 heteroatoms. The Balaban J connectivity index is 1.68. The Morgan fingerprint density at radius 3 is 2.65 bits per heavy atom. The summed E-state index contributed by atoms with van der Waals surface area (Å²) in [6.45, 7) is 3.10. The van der Waals surface area contributed by atoms with E-state index in [9.17, 15) is 14.3 Å². The Labute approximate surface area is 135 Å². The predicted octanol–water partition coefficient (Wildman–Crippen LogP) is 2.50. The van der Waals surface area contributed by atoms with Gasteiger partial charge in [0.1, 0.15) is 11.6 Å². The number of hydrogen-bond acceptors (Lipinski definition) is 4. The summed E-state index contributed by atoms with van der Waals surface area (Å²) in [6.07, 6.45) is 4.61. The van der Waals surface area contributed by atoms with Crippen molar-refractivity contribution in [2.75, 3.05) is 31.6 Å². The van der Waals surface area contributed by atoms with Crippen molar-refractivity contribution in [1.82, 2.24) is 4.90 Å². The second-order valence-electron chi connectivity index (χ2n) is 6.42. The molecule has 5 nitrogen and oxygen atoms in total. The minimum atomic E-state index is -0.620. The molecular formula is C17H23FN2O3. The molecule has 2 N–H and O–H groups in total. The van der Waals surface area contributed by atoms with Crippen LogP contribution in [0.25, 0.3) is 0 Å². The molecule has 1 saturated carbocycles. The first-order valence-corrected chi connectivity index (χ1v) is 8.20. The molecule has 0 bridgehead atoms. The fraction of sp³-hybridized carbons (Fsp3) is 0.588. The maximum Gasteiger partial charge on any atom is 0.226 e. The van der Waals surface area contributed by atoms with Gasteiger partial charge in [-0.05, 0) is 25.0 Å². The molecule has 1 aliphatic heterocycles. The SMILES string of the molecule is O=C(CC1(N2CCOCC2)CCCC1)Nc1ccc(O)cc1F. The standard InChI is InChI=1S/C17H23FN2O3/c18-14-11-13(21)3-4-15(14)19-16(22)12-17(5-1-2-6-17)20-7-9-23-10-8-20/h3-4,11,21H,1-2,5-10,12H2,(H,19,22).